The van der Waals surface area contributed by atoms with Crippen LogP contribution in [-0.4, -0.2) is 34.2 Å². The van der Waals surface area contributed by atoms with Crippen molar-refractivity contribution in [3.8, 4) is 0 Å². The van der Waals surface area contributed by atoms with Crippen LogP contribution in [0.3, 0.4) is 0 Å². The first-order chi connectivity index (χ1) is 11.7. The molecular formula is C17H24N4O3. The van der Waals surface area contributed by atoms with Gasteiger partial charge in [0, 0.05) is 25.9 Å². The van der Waals surface area contributed by atoms with Crippen LogP contribution in [0.15, 0.2) is 21.1 Å². The zero-order valence-corrected chi connectivity index (χ0v) is 14.2. The molecule has 7 heteroatoms. The normalized spacial score (nSPS) is 17.4. The van der Waals surface area contributed by atoms with E-state index in [-0.39, 0.29) is 12.1 Å². The van der Waals surface area contributed by atoms with Gasteiger partial charge in [-0.2, -0.15) is 4.98 Å². The van der Waals surface area contributed by atoms with Gasteiger partial charge in [-0.1, -0.05) is 12.1 Å². The third-order valence-electron chi connectivity index (χ3n) is 4.29. The summed E-state index contributed by atoms with van der Waals surface area (Å²) < 4.78 is 10.9. The summed E-state index contributed by atoms with van der Waals surface area (Å²) in [5.41, 5.74) is 0. The van der Waals surface area contributed by atoms with Gasteiger partial charge in [0.1, 0.15) is 11.5 Å². The molecular weight excluding hydrogens is 308 g/mol. The van der Waals surface area contributed by atoms with Crippen molar-refractivity contribution in [3.63, 3.8) is 0 Å². The molecule has 130 valence electrons. The first kappa shape index (κ1) is 16.5. The topological polar surface area (TPSA) is 84.4 Å². The van der Waals surface area contributed by atoms with Gasteiger partial charge in [0.25, 0.3) is 0 Å². The van der Waals surface area contributed by atoms with Gasteiger partial charge in [-0.3, -0.25) is 0 Å². The van der Waals surface area contributed by atoms with E-state index in [2.05, 4.69) is 22.4 Å². The van der Waals surface area contributed by atoms with E-state index in [0.29, 0.717) is 24.7 Å². The Kier molecular flexibility index (Phi) is 5.17. The van der Waals surface area contributed by atoms with Gasteiger partial charge in [-0.15, -0.1) is 0 Å². The lowest BCUT2D eigenvalue weighted by atomic mass is 10.2. The third-order valence-corrected chi connectivity index (χ3v) is 4.29. The molecule has 3 heterocycles. The minimum Gasteiger partial charge on any atom is -0.464 e. The molecule has 1 aliphatic rings. The van der Waals surface area contributed by atoms with Crippen molar-refractivity contribution in [2.24, 2.45) is 0 Å². The molecule has 0 aromatic carbocycles. The number of urea groups is 1. The summed E-state index contributed by atoms with van der Waals surface area (Å²) in [5.74, 6) is 3.11. The lowest BCUT2D eigenvalue weighted by Gasteiger charge is -2.23. The molecule has 0 aliphatic carbocycles. The van der Waals surface area contributed by atoms with Gasteiger partial charge in [-0.25, -0.2) is 4.79 Å². The van der Waals surface area contributed by atoms with Crippen molar-refractivity contribution in [1.29, 1.82) is 0 Å². The zero-order valence-electron chi connectivity index (χ0n) is 14.2. The summed E-state index contributed by atoms with van der Waals surface area (Å²) in [6.07, 6.45) is 4.26. The van der Waals surface area contributed by atoms with Gasteiger partial charge in [0.15, 0.2) is 5.82 Å². The van der Waals surface area contributed by atoms with Crippen LogP contribution in [0.1, 0.15) is 55.5 Å². The SMILES string of the molecule is CCc1ccc([C@H]2CCCN2C(=O)NCCCc2nc(C)no2)o1. The highest BCUT2D eigenvalue weighted by Crippen LogP contribution is 2.32. The monoisotopic (exact) mass is 332 g/mol. The molecule has 0 spiro atoms. The van der Waals surface area contributed by atoms with Gasteiger partial charge >= 0.3 is 6.03 Å². The largest absolute Gasteiger partial charge is 0.464 e. The summed E-state index contributed by atoms with van der Waals surface area (Å²) >= 11 is 0. The van der Waals surface area contributed by atoms with E-state index < -0.39 is 0 Å². The number of aromatic nitrogens is 2. The number of hydrogen-bond acceptors (Lipinski definition) is 5. The van der Waals surface area contributed by atoms with Crippen LogP contribution in [0.2, 0.25) is 0 Å². The summed E-state index contributed by atoms with van der Waals surface area (Å²) in [4.78, 5) is 18.5. The third kappa shape index (κ3) is 3.77. The fourth-order valence-electron chi connectivity index (χ4n) is 3.05. The molecule has 0 radical (unpaired) electrons. The van der Waals surface area contributed by atoms with E-state index in [0.717, 1.165) is 43.7 Å². The fraction of sp³-hybridized carbons (Fsp3) is 0.588. The molecule has 1 atom stereocenters. The molecule has 0 bridgehead atoms. The van der Waals surface area contributed by atoms with E-state index in [1.165, 1.54) is 0 Å². The maximum Gasteiger partial charge on any atom is 0.318 e. The Bertz CT molecular complexity index is 679. The predicted octanol–water partition coefficient (Wildman–Crippen LogP) is 3.01. The van der Waals surface area contributed by atoms with Crippen molar-refractivity contribution < 1.29 is 13.7 Å². The fourth-order valence-corrected chi connectivity index (χ4v) is 3.05. The number of rotatable bonds is 6. The number of nitrogens with zero attached hydrogens (tertiary/aromatic N) is 3. The Morgan fingerprint density at radius 1 is 1.46 bits per heavy atom. The number of furan rings is 1. The summed E-state index contributed by atoms with van der Waals surface area (Å²) in [6, 6.07) is 4.00. The number of likely N-dealkylation sites (tertiary alicyclic amines) is 1. The van der Waals surface area contributed by atoms with Crippen LogP contribution in [-0.2, 0) is 12.8 Å². The second-order valence-electron chi connectivity index (χ2n) is 6.08. The number of amides is 2. The molecule has 7 nitrogen and oxygen atoms in total. The second-order valence-corrected chi connectivity index (χ2v) is 6.08. The van der Waals surface area contributed by atoms with Crippen molar-refractivity contribution in [3.05, 3.63) is 35.4 Å². The molecule has 1 aliphatic heterocycles. The minimum atomic E-state index is -0.0336. The minimum absolute atomic E-state index is 0.0336. The maximum atomic E-state index is 12.4. The highest BCUT2D eigenvalue weighted by Gasteiger charge is 2.31. The average molecular weight is 332 g/mol. The van der Waals surface area contributed by atoms with Crippen molar-refractivity contribution in [2.45, 2.75) is 52.0 Å². The first-order valence-corrected chi connectivity index (χ1v) is 8.59. The lowest BCUT2D eigenvalue weighted by Crippen LogP contribution is -2.39. The van der Waals surface area contributed by atoms with Crippen molar-refractivity contribution in [2.75, 3.05) is 13.1 Å². The van der Waals surface area contributed by atoms with Crippen molar-refractivity contribution >= 4 is 6.03 Å². The average Bonchev–Trinajstić information content (AvgIpc) is 3.30. The summed E-state index contributed by atoms with van der Waals surface area (Å²) in [7, 11) is 0. The summed E-state index contributed by atoms with van der Waals surface area (Å²) in [5, 5.41) is 6.73. The summed E-state index contributed by atoms with van der Waals surface area (Å²) in [6.45, 7) is 5.21. The highest BCUT2D eigenvalue weighted by atomic mass is 16.5. The molecule has 0 unspecified atom stereocenters. The molecule has 1 N–H and O–H groups in total. The van der Waals surface area contributed by atoms with E-state index in [1.807, 2.05) is 17.0 Å². The Morgan fingerprint density at radius 3 is 3.04 bits per heavy atom. The van der Waals surface area contributed by atoms with Gasteiger partial charge < -0.3 is 19.2 Å². The molecule has 3 rings (SSSR count). The van der Waals surface area contributed by atoms with Crippen LogP contribution in [0.4, 0.5) is 4.79 Å². The Labute approximate surface area is 141 Å². The Balaban J connectivity index is 1.48. The molecule has 24 heavy (non-hydrogen) atoms. The Morgan fingerprint density at radius 2 is 2.33 bits per heavy atom. The molecule has 2 aromatic rings. The van der Waals surface area contributed by atoms with E-state index in [4.69, 9.17) is 8.94 Å². The predicted molar refractivity (Wildman–Crippen MR) is 87.5 cm³/mol. The molecule has 1 saturated heterocycles. The van der Waals surface area contributed by atoms with Gasteiger partial charge in [0.05, 0.1) is 6.04 Å². The van der Waals surface area contributed by atoms with E-state index >= 15 is 0 Å². The van der Waals surface area contributed by atoms with E-state index in [1.54, 1.807) is 6.92 Å². The van der Waals surface area contributed by atoms with Gasteiger partial charge in [-0.05, 0) is 38.3 Å². The van der Waals surface area contributed by atoms with Gasteiger partial charge in [0.2, 0.25) is 5.89 Å². The molecule has 0 saturated carbocycles. The second kappa shape index (κ2) is 7.51. The number of carbonyl (C=O) groups excluding carboxylic acids is 1. The van der Waals surface area contributed by atoms with Crippen LogP contribution in [0.25, 0.3) is 0 Å². The van der Waals surface area contributed by atoms with Crippen molar-refractivity contribution in [1.82, 2.24) is 20.4 Å². The Hall–Kier alpha value is -2.31. The highest BCUT2D eigenvalue weighted by molar-refractivity contribution is 5.75. The number of aryl methyl sites for hydroxylation is 3. The van der Waals surface area contributed by atoms with Crippen LogP contribution in [0, 0.1) is 6.92 Å². The zero-order chi connectivity index (χ0) is 16.9. The quantitative estimate of drug-likeness (QED) is 0.822. The lowest BCUT2D eigenvalue weighted by molar-refractivity contribution is 0.185. The van der Waals surface area contributed by atoms with E-state index in [9.17, 15) is 4.79 Å². The molecule has 1 fully saturated rings. The maximum absolute atomic E-state index is 12.4. The number of carbonyl (C=O) groups is 1. The number of nitrogens with one attached hydrogen (secondary N) is 1. The van der Waals surface area contributed by atoms with Crippen LogP contribution in [0.5, 0.6) is 0 Å². The molecule has 2 amide bonds. The smallest absolute Gasteiger partial charge is 0.318 e. The van der Waals surface area contributed by atoms with Crippen LogP contribution < -0.4 is 5.32 Å². The molecule has 2 aromatic heterocycles. The number of hydrogen-bond donors (Lipinski definition) is 1. The standard InChI is InChI=1S/C17H24N4O3/c1-3-13-8-9-15(23-13)14-6-5-11-21(14)17(22)18-10-4-7-16-19-12(2)20-24-16/h8-9,14H,3-7,10-11H2,1-2H3,(H,18,22)/t14-/m1/s1. The first-order valence-electron chi connectivity index (χ1n) is 8.59. The van der Waals surface area contributed by atoms with Crippen LogP contribution >= 0.6 is 0 Å².